The van der Waals surface area contributed by atoms with Crippen LogP contribution in [0.15, 0.2) is 121 Å². The number of benzene rings is 4. The average molecular weight is 841 g/mol. The number of azo groups is 1. The number of nitrogens with zero attached hydrogens (tertiary/aromatic N) is 4. The number of nitrogen functional groups attached to an aromatic ring is 1. The second kappa shape index (κ2) is 18.4. The van der Waals surface area contributed by atoms with Gasteiger partial charge < -0.3 is 25.3 Å². The molecule has 0 saturated heterocycles. The van der Waals surface area contributed by atoms with Crippen LogP contribution >= 0.6 is 0 Å². The number of nitrogens with one attached hydrogen (secondary N) is 2. The predicted molar refractivity (Wildman–Crippen MR) is 208 cm³/mol. The van der Waals surface area contributed by atoms with E-state index in [0.29, 0.717) is 40.5 Å². The number of hydrogen-bond acceptors (Lipinski definition) is 17. The summed E-state index contributed by atoms with van der Waals surface area (Å²) in [5.41, 5.74) is 19.6. The minimum absolute atomic E-state index is 0. The molecule has 58 heavy (non-hydrogen) atoms. The van der Waals surface area contributed by atoms with E-state index in [1.807, 2.05) is 25.1 Å². The molecule has 2 aliphatic rings. The number of aryl methyl sites for hydroxylation is 2. The molecular formula is C37H30N8Na2O9S2. The van der Waals surface area contributed by atoms with Crippen molar-refractivity contribution in [3.05, 3.63) is 118 Å². The summed E-state index contributed by atoms with van der Waals surface area (Å²) < 4.78 is 79.1. The Labute approximate surface area is 377 Å². The van der Waals surface area contributed by atoms with Crippen molar-refractivity contribution < 1.29 is 99.4 Å². The molecule has 0 bridgehead atoms. The number of nitrogens with two attached hydrogens (primary N) is 2. The van der Waals surface area contributed by atoms with Crippen LogP contribution in [-0.4, -0.2) is 56.0 Å². The van der Waals surface area contributed by atoms with Crippen molar-refractivity contribution in [3.8, 4) is 16.9 Å². The van der Waals surface area contributed by atoms with Crippen LogP contribution in [0.5, 0.6) is 5.75 Å². The molecule has 4 aromatic carbocycles. The Kier molecular flexibility index (Phi) is 14.6. The number of rotatable bonds is 10. The molecule has 0 spiro atoms. The van der Waals surface area contributed by atoms with Gasteiger partial charge in [-0.25, -0.2) is 16.8 Å². The van der Waals surface area contributed by atoms with E-state index in [1.165, 1.54) is 37.5 Å². The van der Waals surface area contributed by atoms with E-state index in [1.54, 1.807) is 37.3 Å². The van der Waals surface area contributed by atoms with Gasteiger partial charge in [0, 0.05) is 6.08 Å². The van der Waals surface area contributed by atoms with Crippen molar-refractivity contribution in [3.63, 3.8) is 0 Å². The smallest absolute Gasteiger partial charge is 0.744 e. The topological polar surface area (TPSA) is 283 Å². The third kappa shape index (κ3) is 10.1. The molecule has 0 saturated carbocycles. The molecule has 0 aromatic heterocycles. The molecule has 286 valence electrons. The zero-order chi connectivity index (χ0) is 40.5. The van der Waals surface area contributed by atoms with Crippen LogP contribution in [-0.2, 0) is 25.0 Å². The summed E-state index contributed by atoms with van der Waals surface area (Å²) in [6.45, 7) is 3.59. The molecule has 6 rings (SSSR count). The van der Waals surface area contributed by atoms with Crippen LogP contribution in [0.4, 0.5) is 28.4 Å². The van der Waals surface area contributed by atoms with E-state index in [9.17, 15) is 35.5 Å². The van der Waals surface area contributed by atoms with Crippen molar-refractivity contribution in [2.24, 2.45) is 26.2 Å². The van der Waals surface area contributed by atoms with Crippen molar-refractivity contribution in [2.45, 2.75) is 18.7 Å². The third-order valence-electron chi connectivity index (χ3n) is 8.53. The Hall–Kier alpha value is -4.80. The first-order valence-electron chi connectivity index (χ1n) is 16.2. The van der Waals surface area contributed by atoms with Crippen molar-refractivity contribution >= 4 is 77.7 Å². The van der Waals surface area contributed by atoms with Crippen molar-refractivity contribution in [2.75, 3.05) is 23.7 Å². The summed E-state index contributed by atoms with van der Waals surface area (Å²) in [5, 5.41) is 16.3. The van der Waals surface area contributed by atoms with Crippen LogP contribution in [0.25, 0.3) is 17.2 Å². The normalized spacial score (nSPS) is 15.3. The SMILES string of the molecule is COc1ccc(NN=C2C(=O)c3c(cc(S(=O)(=O)[O-])c(N=Nc4ccc(-c5ccc(NN=C6C=CC(=O)C=C6N)c(C)c5)cc4C)c3N)C=C2S(=O)(=O)[O-])cc1.[Na+].[Na+]. The molecule has 4 aromatic rings. The fraction of sp³-hybridized carbons (Fsp3) is 0.0811. The maximum Gasteiger partial charge on any atom is 1.00 e. The molecule has 0 amide bonds. The second-order valence-electron chi connectivity index (χ2n) is 12.3. The number of hydrazone groups is 2. The fourth-order valence-corrected chi connectivity index (χ4v) is 6.95. The van der Waals surface area contributed by atoms with Crippen LogP contribution in [0, 0.1) is 13.8 Å². The number of methoxy groups -OCH3 is 1. The first-order valence-corrected chi connectivity index (χ1v) is 19.1. The van der Waals surface area contributed by atoms with Gasteiger partial charge in [0.05, 0.1) is 50.9 Å². The van der Waals surface area contributed by atoms with E-state index >= 15 is 0 Å². The number of Topliss-reactive ketones (excluding diaryl/α,β-unsaturated/α-hetero) is 1. The van der Waals surface area contributed by atoms with Crippen LogP contribution < -0.4 is 86.2 Å². The van der Waals surface area contributed by atoms with E-state index in [0.717, 1.165) is 16.7 Å². The molecule has 0 aliphatic heterocycles. The molecule has 6 N–H and O–H groups in total. The Morgan fingerprint density at radius 3 is 1.98 bits per heavy atom. The van der Waals surface area contributed by atoms with Gasteiger partial charge in [-0.3, -0.25) is 20.4 Å². The van der Waals surface area contributed by atoms with Crippen molar-refractivity contribution in [1.29, 1.82) is 0 Å². The summed E-state index contributed by atoms with van der Waals surface area (Å²) in [7, 11) is -9.26. The Morgan fingerprint density at radius 2 is 1.40 bits per heavy atom. The molecule has 0 unspecified atom stereocenters. The van der Waals surface area contributed by atoms with Gasteiger partial charge in [-0.15, -0.1) is 5.11 Å². The van der Waals surface area contributed by atoms with Gasteiger partial charge >= 0.3 is 59.1 Å². The number of carbonyl (C=O) groups is 2. The number of ether oxygens (including phenoxy) is 1. The fourth-order valence-electron chi connectivity index (χ4n) is 5.65. The third-order valence-corrected chi connectivity index (χ3v) is 10.2. The van der Waals surface area contributed by atoms with Crippen LogP contribution in [0.1, 0.15) is 27.0 Å². The Balaban J connectivity index is 0.00000372. The Morgan fingerprint density at radius 1 is 0.741 bits per heavy atom. The monoisotopic (exact) mass is 840 g/mol. The van der Waals surface area contributed by atoms with Crippen LogP contribution in [0.3, 0.4) is 0 Å². The summed E-state index contributed by atoms with van der Waals surface area (Å²) in [6, 6.07) is 17.6. The summed E-state index contributed by atoms with van der Waals surface area (Å²) in [4.78, 5) is 23.2. The number of allylic oxidation sites excluding steroid dienone is 4. The summed E-state index contributed by atoms with van der Waals surface area (Å²) >= 11 is 0. The zero-order valence-electron chi connectivity index (χ0n) is 31.6. The van der Waals surface area contributed by atoms with Gasteiger partial charge in [0.25, 0.3) is 0 Å². The molecule has 21 heteroatoms. The van der Waals surface area contributed by atoms with E-state index < -0.39 is 64.0 Å². The molecule has 17 nitrogen and oxygen atoms in total. The maximum atomic E-state index is 13.8. The number of fused-ring (bicyclic) bond motifs is 1. The first kappa shape index (κ1) is 45.9. The van der Waals surface area contributed by atoms with Gasteiger partial charge in [-0.1, -0.05) is 12.1 Å². The minimum Gasteiger partial charge on any atom is -0.744 e. The predicted octanol–water partition coefficient (Wildman–Crippen LogP) is -0.811. The average Bonchev–Trinajstić information content (AvgIpc) is 3.13. The van der Waals surface area contributed by atoms with Gasteiger partial charge in [-0.05, 0) is 114 Å². The maximum absolute atomic E-state index is 13.8. The molecule has 0 fully saturated rings. The zero-order valence-corrected chi connectivity index (χ0v) is 37.2. The van der Waals surface area contributed by atoms with Gasteiger partial charge in [0.15, 0.2) is 5.78 Å². The minimum atomic E-state index is -5.36. The number of hydrogen-bond donors (Lipinski definition) is 4. The Bertz CT molecular complexity index is 2770. The summed E-state index contributed by atoms with van der Waals surface area (Å²) in [5.74, 6) is -0.883. The van der Waals surface area contributed by atoms with Crippen molar-refractivity contribution in [1.82, 2.24) is 0 Å². The molecule has 0 radical (unpaired) electrons. The van der Waals surface area contributed by atoms with Gasteiger partial charge in [0.1, 0.15) is 43.1 Å². The number of carbonyl (C=O) groups excluding carboxylic acids is 2. The number of ketones is 2. The number of anilines is 3. The van der Waals surface area contributed by atoms with Crippen LogP contribution in [0.2, 0.25) is 0 Å². The van der Waals surface area contributed by atoms with E-state index in [4.69, 9.17) is 16.2 Å². The molecule has 2 aliphatic carbocycles. The first-order chi connectivity index (χ1) is 26.4. The molecular weight excluding hydrogens is 811 g/mol. The largest absolute Gasteiger partial charge is 1.00 e. The van der Waals surface area contributed by atoms with E-state index in [2.05, 4.69) is 31.3 Å². The van der Waals surface area contributed by atoms with Gasteiger partial charge in [0.2, 0.25) is 5.78 Å². The quantitative estimate of drug-likeness (QED) is 0.0380. The summed E-state index contributed by atoms with van der Waals surface area (Å²) in [6.07, 6.45) is 4.87. The van der Waals surface area contributed by atoms with Gasteiger partial charge in [-0.2, -0.15) is 15.3 Å². The van der Waals surface area contributed by atoms with E-state index in [-0.39, 0.29) is 76.3 Å². The standard InChI is InChI=1S/C37H32N8O9S2.2Na/c1-19-14-21(4-11-28(19)41-43-30-13-8-25(46)18-27(30)38)22-5-12-29(20(2)15-22)42-44-35-31(55(48,49)50)16-23-17-32(56(51,52)53)36(37(47)33(23)34(35)39)45-40-24-6-9-26(54-3)10-7-24;;/h4-18,40-41H,38-39H2,1-3H3,(H,48,49,50)(H,51,52,53);;/q;2*+1/p-2. The second-order valence-corrected chi connectivity index (χ2v) is 15.0. The molecule has 0 atom stereocenters. The molecule has 0 heterocycles.